The number of halogens is 1. The fourth-order valence-corrected chi connectivity index (χ4v) is 2.57. The van der Waals surface area contributed by atoms with E-state index in [4.69, 9.17) is 9.47 Å². The molecule has 0 fully saturated rings. The van der Waals surface area contributed by atoms with E-state index in [1.165, 1.54) is 24.3 Å². The van der Waals surface area contributed by atoms with Crippen LogP contribution in [0.5, 0.6) is 11.5 Å². The van der Waals surface area contributed by atoms with E-state index in [1.807, 2.05) is 42.5 Å². The summed E-state index contributed by atoms with van der Waals surface area (Å²) in [4.78, 5) is 12.0. The molecule has 6 heteroatoms. The molecule has 0 bridgehead atoms. The Morgan fingerprint density at radius 3 is 2.39 bits per heavy atom. The fourth-order valence-electron chi connectivity index (χ4n) is 2.57. The average molecular weight is 380 g/mol. The Morgan fingerprint density at radius 1 is 0.929 bits per heavy atom. The molecule has 3 aromatic rings. The summed E-state index contributed by atoms with van der Waals surface area (Å²) in [7, 11) is 1.55. The lowest BCUT2D eigenvalue weighted by molar-refractivity contribution is -0.118. The summed E-state index contributed by atoms with van der Waals surface area (Å²) in [5.41, 5.74) is 2.55. The highest BCUT2D eigenvalue weighted by Gasteiger charge is 2.09. The quantitative estimate of drug-likeness (QED) is 0.606. The molecule has 0 aromatic heterocycles. The van der Waals surface area contributed by atoms with Gasteiger partial charge in [0.05, 0.1) is 7.11 Å². The van der Waals surface area contributed by atoms with E-state index >= 15 is 0 Å². The van der Waals surface area contributed by atoms with Crippen molar-refractivity contribution in [1.29, 1.82) is 0 Å². The SMILES string of the molecule is COc1cc(CNc2ccccc2)ccc1OCC(=O)Nc1ccc(F)cc1. The lowest BCUT2D eigenvalue weighted by Crippen LogP contribution is -2.20. The molecule has 0 unspecified atom stereocenters. The minimum Gasteiger partial charge on any atom is -0.493 e. The molecule has 0 spiro atoms. The van der Waals surface area contributed by atoms with E-state index in [0.29, 0.717) is 23.7 Å². The van der Waals surface area contributed by atoms with E-state index in [-0.39, 0.29) is 18.3 Å². The number of methoxy groups -OCH3 is 1. The number of benzene rings is 3. The molecule has 0 aliphatic carbocycles. The zero-order valence-corrected chi connectivity index (χ0v) is 15.4. The van der Waals surface area contributed by atoms with E-state index in [1.54, 1.807) is 13.2 Å². The number of ether oxygens (including phenoxy) is 2. The Bertz CT molecular complexity index is 915. The molecule has 1 amide bonds. The van der Waals surface area contributed by atoms with Gasteiger partial charge in [0.25, 0.3) is 5.91 Å². The summed E-state index contributed by atoms with van der Waals surface area (Å²) in [6.45, 7) is 0.445. The standard InChI is InChI=1S/C22H21FN2O3/c1-27-21-13-16(14-24-18-5-3-2-4-6-18)7-12-20(21)28-15-22(26)25-19-10-8-17(23)9-11-19/h2-13,24H,14-15H2,1H3,(H,25,26). The maximum atomic E-state index is 12.9. The fraction of sp³-hybridized carbons (Fsp3) is 0.136. The normalized spacial score (nSPS) is 10.2. The van der Waals surface area contributed by atoms with Crippen molar-refractivity contribution in [2.75, 3.05) is 24.4 Å². The van der Waals surface area contributed by atoms with Crippen molar-refractivity contribution in [3.63, 3.8) is 0 Å². The van der Waals surface area contributed by atoms with Crippen LogP contribution in [0.1, 0.15) is 5.56 Å². The maximum Gasteiger partial charge on any atom is 0.262 e. The van der Waals surface area contributed by atoms with Crippen molar-refractivity contribution >= 4 is 17.3 Å². The number of carbonyl (C=O) groups is 1. The number of rotatable bonds is 8. The third-order valence-electron chi connectivity index (χ3n) is 3.99. The molecule has 0 heterocycles. The van der Waals surface area contributed by atoms with Crippen molar-refractivity contribution in [2.45, 2.75) is 6.54 Å². The van der Waals surface area contributed by atoms with Crippen LogP contribution in [0.2, 0.25) is 0 Å². The molecule has 0 saturated carbocycles. The Morgan fingerprint density at radius 2 is 1.68 bits per heavy atom. The lowest BCUT2D eigenvalue weighted by Gasteiger charge is -2.13. The first-order chi connectivity index (χ1) is 13.6. The molecule has 0 aliphatic rings. The van der Waals surface area contributed by atoms with Gasteiger partial charge in [0.15, 0.2) is 18.1 Å². The highest BCUT2D eigenvalue weighted by atomic mass is 19.1. The highest BCUT2D eigenvalue weighted by Crippen LogP contribution is 2.28. The van der Waals surface area contributed by atoms with Crippen LogP contribution in [-0.2, 0) is 11.3 Å². The number of carbonyl (C=O) groups excluding carboxylic acids is 1. The second kappa shape index (κ2) is 9.41. The molecule has 5 nitrogen and oxygen atoms in total. The smallest absolute Gasteiger partial charge is 0.262 e. The van der Waals surface area contributed by atoms with Crippen LogP contribution >= 0.6 is 0 Å². The number of anilines is 2. The van der Waals surface area contributed by atoms with Crippen molar-refractivity contribution in [3.05, 3.63) is 84.2 Å². The molecule has 0 atom stereocenters. The van der Waals surface area contributed by atoms with Gasteiger partial charge in [0.2, 0.25) is 0 Å². The molecule has 3 rings (SSSR count). The van der Waals surface area contributed by atoms with Gasteiger partial charge in [-0.2, -0.15) is 0 Å². The molecular weight excluding hydrogens is 359 g/mol. The van der Waals surface area contributed by atoms with Crippen molar-refractivity contribution in [1.82, 2.24) is 0 Å². The Balaban J connectivity index is 1.56. The molecule has 0 radical (unpaired) electrons. The molecule has 2 N–H and O–H groups in total. The third kappa shape index (κ3) is 5.48. The Labute approximate surface area is 163 Å². The van der Waals surface area contributed by atoms with E-state index in [2.05, 4.69) is 10.6 Å². The van der Waals surface area contributed by atoms with E-state index < -0.39 is 0 Å². The Kier molecular flexibility index (Phi) is 6.46. The minimum absolute atomic E-state index is 0.185. The van der Waals surface area contributed by atoms with Crippen LogP contribution in [0, 0.1) is 5.82 Å². The predicted molar refractivity (Wildman–Crippen MR) is 107 cm³/mol. The summed E-state index contributed by atoms with van der Waals surface area (Å²) >= 11 is 0. The summed E-state index contributed by atoms with van der Waals surface area (Å²) in [6, 6.07) is 21.0. The largest absolute Gasteiger partial charge is 0.493 e. The van der Waals surface area contributed by atoms with Crippen LogP contribution in [0.3, 0.4) is 0 Å². The summed E-state index contributed by atoms with van der Waals surface area (Å²) in [5.74, 6) is 0.312. The maximum absolute atomic E-state index is 12.9. The zero-order valence-electron chi connectivity index (χ0n) is 15.4. The summed E-state index contributed by atoms with van der Waals surface area (Å²) in [6.07, 6.45) is 0. The number of amides is 1. The molecule has 28 heavy (non-hydrogen) atoms. The van der Waals surface area contributed by atoms with Gasteiger partial charge in [-0.3, -0.25) is 4.79 Å². The van der Waals surface area contributed by atoms with Crippen LogP contribution in [-0.4, -0.2) is 19.6 Å². The lowest BCUT2D eigenvalue weighted by atomic mass is 10.2. The average Bonchev–Trinajstić information content (AvgIpc) is 2.73. The monoisotopic (exact) mass is 380 g/mol. The van der Waals surface area contributed by atoms with Crippen LogP contribution in [0.25, 0.3) is 0 Å². The number of nitrogens with one attached hydrogen (secondary N) is 2. The van der Waals surface area contributed by atoms with Crippen molar-refractivity contribution < 1.29 is 18.7 Å². The highest BCUT2D eigenvalue weighted by molar-refractivity contribution is 5.91. The topological polar surface area (TPSA) is 59.6 Å². The van der Waals surface area contributed by atoms with Gasteiger partial charge in [-0.05, 0) is 54.1 Å². The van der Waals surface area contributed by atoms with Crippen molar-refractivity contribution in [3.8, 4) is 11.5 Å². The van der Waals surface area contributed by atoms with Gasteiger partial charge in [-0.25, -0.2) is 4.39 Å². The number of hydrogen-bond acceptors (Lipinski definition) is 4. The van der Waals surface area contributed by atoms with Gasteiger partial charge in [0, 0.05) is 17.9 Å². The first-order valence-corrected chi connectivity index (χ1v) is 8.78. The van der Waals surface area contributed by atoms with E-state index in [9.17, 15) is 9.18 Å². The van der Waals surface area contributed by atoms with Gasteiger partial charge < -0.3 is 20.1 Å². The summed E-state index contributed by atoms with van der Waals surface area (Å²) in [5, 5.41) is 5.97. The van der Waals surface area contributed by atoms with Gasteiger partial charge >= 0.3 is 0 Å². The second-order valence-electron chi connectivity index (χ2n) is 6.05. The van der Waals surface area contributed by atoms with E-state index in [0.717, 1.165) is 11.3 Å². The summed E-state index contributed by atoms with van der Waals surface area (Å²) < 4.78 is 23.9. The van der Waals surface area contributed by atoms with Crippen molar-refractivity contribution in [2.24, 2.45) is 0 Å². The van der Waals surface area contributed by atoms with Crippen LogP contribution < -0.4 is 20.1 Å². The molecule has 0 aliphatic heterocycles. The first kappa shape index (κ1) is 19.2. The first-order valence-electron chi connectivity index (χ1n) is 8.78. The zero-order chi connectivity index (χ0) is 19.8. The van der Waals surface area contributed by atoms with Crippen LogP contribution in [0.15, 0.2) is 72.8 Å². The molecule has 144 valence electrons. The minimum atomic E-state index is -0.360. The molecular formula is C22H21FN2O3. The number of hydrogen-bond donors (Lipinski definition) is 2. The molecule has 0 saturated heterocycles. The predicted octanol–water partition coefficient (Wildman–Crippen LogP) is 4.46. The Hall–Kier alpha value is -3.54. The third-order valence-corrected chi connectivity index (χ3v) is 3.99. The van der Waals surface area contributed by atoms with Gasteiger partial charge in [0.1, 0.15) is 5.82 Å². The van der Waals surface area contributed by atoms with Crippen LogP contribution in [0.4, 0.5) is 15.8 Å². The second-order valence-corrected chi connectivity index (χ2v) is 6.05. The van der Waals surface area contributed by atoms with Gasteiger partial charge in [-0.1, -0.05) is 24.3 Å². The number of para-hydroxylation sites is 1. The van der Waals surface area contributed by atoms with Gasteiger partial charge in [-0.15, -0.1) is 0 Å². The molecule has 3 aromatic carbocycles.